The molecule has 1 aromatic carbocycles. The largest absolute Gasteiger partial charge is 0.493 e. The Morgan fingerprint density at radius 3 is 2.04 bits per heavy atom. The molecule has 0 radical (unpaired) electrons. The van der Waals surface area contributed by atoms with Crippen LogP contribution in [-0.4, -0.2) is 38.3 Å². The maximum Gasteiger partial charge on any atom is 0.307 e. The Morgan fingerprint density at radius 2 is 1.56 bits per heavy atom. The number of hydrogen-bond acceptors (Lipinski definition) is 5. The molecule has 136 valence electrons. The van der Waals surface area contributed by atoms with Gasteiger partial charge in [0.15, 0.2) is 11.5 Å². The van der Waals surface area contributed by atoms with E-state index in [4.69, 9.17) is 14.2 Å². The molecule has 0 spiro atoms. The van der Waals surface area contributed by atoms with Crippen molar-refractivity contribution in [1.82, 2.24) is 0 Å². The highest BCUT2D eigenvalue weighted by Crippen LogP contribution is 2.52. The Bertz CT molecular complexity index is 663. The van der Waals surface area contributed by atoms with Crippen LogP contribution in [-0.2, 0) is 9.59 Å². The molecule has 25 heavy (non-hydrogen) atoms. The van der Waals surface area contributed by atoms with Gasteiger partial charge in [-0.25, -0.2) is 0 Å². The lowest BCUT2D eigenvalue weighted by Gasteiger charge is -2.27. The summed E-state index contributed by atoms with van der Waals surface area (Å²) in [6, 6.07) is 3.28. The molecule has 2 bridgehead atoms. The van der Waals surface area contributed by atoms with Gasteiger partial charge in [0.2, 0.25) is 11.7 Å². The van der Waals surface area contributed by atoms with E-state index in [1.807, 2.05) is 0 Å². The van der Waals surface area contributed by atoms with Gasteiger partial charge in [0, 0.05) is 17.8 Å². The second-order valence-electron chi connectivity index (χ2n) is 6.63. The van der Waals surface area contributed by atoms with Crippen LogP contribution in [0.15, 0.2) is 12.1 Å². The lowest BCUT2D eigenvalue weighted by atomic mass is 9.78. The van der Waals surface area contributed by atoms with Crippen LogP contribution in [0.5, 0.6) is 17.2 Å². The average Bonchev–Trinajstić information content (AvgIpc) is 3.21. The van der Waals surface area contributed by atoms with Crippen molar-refractivity contribution in [1.29, 1.82) is 0 Å². The van der Waals surface area contributed by atoms with Gasteiger partial charge in [0.05, 0.1) is 33.2 Å². The number of carbonyl (C=O) groups excluding carboxylic acids is 1. The maximum absolute atomic E-state index is 12.8. The molecule has 0 aliphatic heterocycles. The van der Waals surface area contributed by atoms with Crippen molar-refractivity contribution in [2.24, 2.45) is 23.7 Å². The molecular formula is C18H23NO6. The van der Waals surface area contributed by atoms with Crippen molar-refractivity contribution in [3.05, 3.63) is 12.1 Å². The maximum atomic E-state index is 12.8. The van der Waals surface area contributed by atoms with Gasteiger partial charge in [-0.2, -0.15) is 0 Å². The molecule has 4 atom stereocenters. The summed E-state index contributed by atoms with van der Waals surface area (Å²) in [5.41, 5.74) is 0.492. The second kappa shape index (κ2) is 6.82. The predicted octanol–water partition coefficient (Wildman–Crippen LogP) is 2.40. The zero-order valence-corrected chi connectivity index (χ0v) is 14.6. The molecule has 2 saturated carbocycles. The number of anilines is 1. The summed E-state index contributed by atoms with van der Waals surface area (Å²) >= 11 is 0. The van der Waals surface area contributed by atoms with Crippen molar-refractivity contribution >= 4 is 17.6 Å². The smallest absolute Gasteiger partial charge is 0.307 e. The molecule has 2 N–H and O–H groups in total. The number of aliphatic carboxylic acids is 1. The highest BCUT2D eigenvalue weighted by Gasteiger charge is 2.54. The fourth-order valence-corrected chi connectivity index (χ4v) is 4.40. The fourth-order valence-electron chi connectivity index (χ4n) is 4.40. The Labute approximate surface area is 146 Å². The number of carboxylic acids is 1. The van der Waals surface area contributed by atoms with Gasteiger partial charge in [0.25, 0.3) is 0 Å². The minimum absolute atomic E-state index is 0.109. The lowest BCUT2D eigenvalue weighted by Crippen LogP contribution is -2.37. The monoisotopic (exact) mass is 349 g/mol. The van der Waals surface area contributed by atoms with Crippen LogP contribution in [0, 0.1) is 23.7 Å². The fraction of sp³-hybridized carbons (Fsp3) is 0.556. The van der Waals surface area contributed by atoms with Crippen LogP contribution in [0.3, 0.4) is 0 Å². The van der Waals surface area contributed by atoms with Crippen molar-refractivity contribution in [2.45, 2.75) is 19.3 Å². The molecule has 7 nitrogen and oxygen atoms in total. The molecule has 0 saturated heterocycles. The highest BCUT2D eigenvalue weighted by molar-refractivity contribution is 5.96. The summed E-state index contributed by atoms with van der Waals surface area (Å²) in [4.78, 5) is 24.4. The Kier molecular flexibility index (Phi) is 4.74. The summed E-state index contributed by atoms with van der Waals surface area (Å²) in [5.74, 6) is -0.667. The summed E-state index contributed by atoms with van der Waals surface area (Å²) in [7, 11) is 4.50. The Balaban J connectivity index is 1.84. The van der Waals surface area contributed by atoms with E-state index in [1.54, 1.807) is 12.1 Å². The summed E-state index contributed by atoms with van der Waals surface area (Å²) in [6.45, 7) is 0. The van der Waals surface area contributed by atoms with E-state index < -0.39 is 17.8 Å². The highest BCUT2D eigenvalue weighted by atomic mass is 16.5. The topological polar surface area (TPSA) is 94.1 Å². The number of amides is 1. The van der Waals surface area contributed by atoms with Gasteiger partial charge in [-0.1, -0.05) is 0 Å². The van der Waals surface area contributed by atoms with E-state index in [0.29, 0.717) is 22.9 Å². The molecule has 2 aliphatic rings. The molecule has 3 rings (SSSR count). The number of nitrogens with one attached hydrogen (secondary N) is 1. The van der Waals surface area contributed by atoms with Crippen LogP contribution in [0.1, 0.15) is 19.3 Å². The first-order chi connectivity index (χ1) is 12.0. The van der Waals surface area contributed by atoms with Gasteiger partial charge in [-0.3, -0.25) is 9.59 Å². The van der Waals surface area contributed by atoms with Crippen LogP contribution in [0.4, 0.5) is 5.69 Å². The summed E-state index contributed by atoms with van der Waals surface area (Å²) in [5, 5.41) is 12.4. The van der Waals surface area contributed by atoms with Crippen molar-refractivity contribution in [3.8, 4) is 17.2 Å². The van der Waals surface area contributed by atoms with E-state index in [9.17, 15) is 14.7 Å². The zero-order chi connectivity index (χ0) is 18.1. The van der Waals surface area contributed by atoms with E-state index in [1.165, 1.54) is 21.3 Å². The van der Waals surface area contributed by atoms with Crippen molar-refractivity contribution in [3.63, 3.8) is 0 Å². The predicted molar refractivity (Wildman–Crippen MR) is 90.2 cm³/mol. The quantitative estimate of drug-likeness (QED) is 0.819. The number of ether oxygens (including phenoxy) is 3. The molecule has 1 aromatic rings. The van der Waals surface area contributed by atoms with Crippen LogP contribution >= 0.6 is 0 Å². The van der Waals surface area contributed by atoms with Gasteiger partial charge in [-0.05, 0) is 31.1 Å². The van der Waals surface area contributed by atoms with Crippen LogP contribution < -0.4 is 19.5 Å². The van der Waals surface area contributed by atoms with E-state index >= 15 is 0 Å². The zero-order valence-electron chi connectivity index (χ0n) is 14.6. The number of rotatable bonds is 6. The number of methoxy groups -OCH3 is 3. The molecular weight excluding hydrogens is 326 g/mol. The van der Waals surface area contributed by atoms with Crippen LogP contribution in [0.2, 0.25) is 0 Å². The Morgan fingerprint density at radius 1 is 1.00 bits per heavy atom. The standard InChI is InChI=1S/C18H23NO6/c1-23-12-7-11(8-13(24-2)16(12)25-3)19-17(20)14-9-4-5-10(6-9)15(14)18(21)22/h7-10,14-15H,4-6H2,1-3H3,(H,19,20)(H,21,22)/t9-,10+,14+,15+/m1/s1. The molecule has 2 fully saturated rings. The normalized spacial score (nSPS) is 27.0. The third-order valence-corrected chi connectivity index (χ3v) is 5.44. The molecule has 1 amide bonds. The molecule has 0 aromatic heterocycles. The summed E-state index contributed by atoms with van der Waals surface area (Å²) < 4.78 is 15.8. The average molecular weight is 349 g/mol. The summed E-state index contributed by atoms with van der Waals surface area (Å²) in [6.07, 6.45) is 2.64. The van der Waals surface area contributed by atoms with Gasteiger partial charge < -0.3 is 24.6 Å². The first-order valence-corrected chi connectivity index (χ1v) is 8.33. The number of hydrogen-bond donors (Lipinski definition) is 2. The second-order valence-corrected chi connectivity index (χ2v) is 6.63. The van der Waals surface area contributed by atoms with Gasteiger partial charge >= 0.3 is 5.97 Å². The van der Waals surface area contributed by atoms with Crippen molar-refractivity contribution < 1.29 is 28.9 Å². The number of fused-ring (bicyclic) bond motifs is 2. The third kappa shape index (κ3) is 2.99. The van der Waals surface area contributed by atoms with Crippen LogP contribution in [0.25, 0.3) is 0 Å². The number of carboxylic acid groups (broad SMARTS) is 1. The number of benzene rings is 1. The molecule has 0 heterocycles. The Hall–Kier alpha value is -2.44. The minimum atomic E-state index is -0.878. The SMILES string of the molecule is COc1cc(NC(=O)[C@H]2[C@@H]3CC[C@@H](C3)[C@@H]2C(=O)O)cc(OC)c1OC. The van der Waals surface area contributed by atoms with Crippen molar-refractivity contribution in [2.75, 3.05) is 26.6 Å². The number of carbonyl (C=O) groups is 2. The lowest BCUT2D eigenvalue weighted by molar-refractivity contribution is -0.148. The first-order valence-electron chi connectivity index (χ1n) is 8.33. The van der Waals surface area contributed by atoms with Gasteiger partial charge in [-0.15, -0.1) is 0 Å². The van der Waals surface area contributed by atoms with E-state index in [2.05, 4.69) is 5.32 Å². The third-order valence-electron chi connectivity index (χ3n) is 5.44. The van der Waals surface area contributed by atoms with E-state index in [0.717, 1.165) is 19.3 Å². The van der Waals surface area contributed by atoms with E-state index in [-0.39, 0.29) is 17.7 Å². The molecule has 0 unspecified atom stereocenters. The minimum Gasteiger partial charge on any atom is -0.493 e. The molecule has 2 aliphatic carbocycles. The molecule has 7 heteroatoms. The van der Waals surface area contributed by atoms with Gasteiger partial charge in [0.1, 0.15) is 0 Å². The first kappa shape index (κ1) is 17.4.